The van der Waals surface area contributed by atoms with E-state index in [1.54, 1.807) is 17.9 Å². The maximum Gasteiger partial charge on any atom is 0.254 e. The van der Waals surface area contributed by atoms with Gasteiger partial charge in [-0.1, -0.05) is 50.6 Å². The van der Waals surface area contributed by atoms with Gasteiger partial charge in [0.05, 0.1) is 17.4 Å². The molecule has 0 spiro atoms. The van der Waals surface area contributed by atoms with Crippen molar-refractivity contribution in [1.29, 1.82) is 0 Å². The highest BCUT2D eigenvalue weighted by Crippen LogP contribution is 2.24. The molecular weight excluding hydrogens is 290 g/mol. The minimum Gasteiger partial charge on any atom is -0.387 e. The van der Waals surface area contributed by atoms with Crippen molar-refractivity contribution in [2.75, 3.05) is 6.54 Å². The number of benzene rings is 1. The Labute approximate surface area is 137 Å². The SMILES string of the molecule is Cc1ccc(C(O)CNC(=O)c2cn(C)nc2C(C)(C)C)cc1. The van der Waals surface area contributed by atoms with Crippen molar-refractivity contribution < 1.29 is 9.90 Å². The molecule has 0 bridgehead atoms. The Balaban J connectivity index is 2.07. The van der Waals surface area contributed by atoms with E-state index >= 15 is 0 Å². The summed E-state index contributed by atoms with van der Waals surface area (Å²) >= 11 is 0. The van der Waals surface area contributed by atoms with Crippen molar-refractivity contribution >= 4 is 5.91 Å². The first-order valence-electron chi connectivity index (χ1n) is 7.75. The molecule has 23 heavy (non-hydrogen) atoms. The van der Waals surface area contributed by atoms with E-state index in [0.717, 1.165) is 16.8 Å². The third-order valence-electron chi connectivity index (χ3n) is 3.70. The summed E-state index contributed by atoms with van der Waals surface area (Å²) in [6.07, 6.45) is 0.989. The fourth-order valence-electron chi connectivity index (χ4n) is 2.40. The fourth-order valence-corrected chi connectivity index (χ4v) is 2.40. The lowest BCUT2D eigenvalue weighted by molar-refractivity contribution is 0.0914. The number of nitrogens with one attached hydrogen (secondary N) is 1. The average molecular weight is 315 g/mol. The van der Waals surface area contributed by atoms with Gasteiger partial charge in [0, 0.05) is 25.2 Å². The van der Waals surface area contributed by atoms with E-state index < -0.39 is 6.10 Å². The number of amides is 1. The van der Waals surface area contributed by atoms with E-state index in [9.17, 15) is 9.90 Å². The molecule has 0 fully saturated rings. The highest BCUT2D eigenvalue weighted by molar-refractivity contribution is 5.95. The largest absolute Gasteiger partial charge is 0.387 e. The lowest BCUT2D eigenvalue weighted by Gasteiger charge is -2.18. The topological polar surface area (TPSA) is 67.2 Å². The van der Waals surface area contributed by atoms with Gasteiger partial charge in [-0.05, 0) is 12.5 Å². The van der Waals surface area contributed by atoms with E-state index in [0.29, 0.717) is 5.56 Å². The van der Waals surface area contributed by atoms with Crippen molar-refractivity contribution in [2.45, 2.75) is 39.2 Å². The number of carbonyl (C=O) groups is 1. The first-order chi connectivity index (χ1) is 10.7. The van der Waals surface area contributed by atoms with E-state index in [1.807, 2.05) is 52.0 Å². The van der Waals surface area contributed by atoms with Crippen LogP contribution < -0.4 is 5.32 Å². The molecule has 0 aliphatic rings. The number of carbonyl (C=O) groups excluding carboxylic acids is 1. The molecule has 124 valence electrons. The lowest BCUT2D eigenvalue weighted by atomic mass is 9.89. The number of rotatable bonds is 4. The molecule has 0 radical (unpaired) electrons. The number of hydrogen-bond acceptors (Lipinski definition) is 3. The number of hydrogen-bond donors (Lipinski definition) is 2. The summed E-state index contributed by atoms with van der Waals surface area (Å²) in [6, 6.07) is 7.63. The van der Waals surface area contributed by atoms with Gasteiger partial charge in [-0.15, -0.1) is 0 Å². The van der Waals surface area contributed by atoms with Crippen LogP contribution in [0.15, 0.2) is 30.5 Å². The summed E-state index contributed by atoms with van der Waals surface area (Å²) < 4.78 is 1.64. The Morgan fingerprint density at radius 2 is 1.91 bits per heavy atom. The van der Waals surface area contributed by atoms with Crippen LogP contribution in [0.2, 0.25) is 0 Å². The third kappa shape index (κ3) is 4.20. The van der Waals surface area contributed by atoms with Crippen molar-refractivity contribution in [3.63, 3.8) is 0 Å². The van der Waals surface area contributed by atoms with E-state index in [-0.39, 0.29) is 17.9 Å². The van der Waals surface area contributed by atoms with Gasteiger partial charge in [0.15, 0.2) is 0 Å². The van der Waals surface area contributed by atoms with Crippen LogP contribution in [-0.4, -0.2) is 27.3 Å². The molecule has 1 heterocycles. The number of aryl methyl sites for hydroxylation is 2. The molecule has 5 heteroatoms. The molecule has 1 aromatic heterocycles. The normalized spacial score (nSPS) is 13.0. The van der Waals surface area contributed by atoms with E-state index in [4.69, 9.17) is 0 Å². The summed E-state index contributed by atoms with van der Waals surface area (Å²) in [5, 5.41) is 17.4. The number of aliphatic hydroxyl groups is 1. The molecule has 1 unspecified atom stereocenters. The predicted octanol–water partition coefficient (Wildman–Crippen LogP) is 2.49. The van der Waals surface area contributed by atoms with Crippen LogP contribution in [0.1, 0.15) is 54.1 Å². The standard InChI is InChI=1S/C18H25N3O2/c1-12-6-8-13(9-7-12)15(22)10-19-17(23)14-11-21(5)20-16(14)18(2,3)4/h6-9,11,15,22H,10H2,1-5H3,(H,19,23). The molecule has 0 saturated heterocycles. The highest BCUT2D eigenvalue weighted by Gasteiger charge is 2.25. The van der Waals surface area contributed by atoms with Crippen molar-refractivity contribution in [3.05, 3.63) is 52.8 Å². The predicted molar refractivity (Wildman–Crippen MR) is 90.4 cm³/mol. The van der Waals surface area contributed by atoms with Gasteiger partial charge in [-0.3, -0.25) is 9.48 Å². The molecule has 0 saturated carbocycles. The maximum atomic E-state index is 12.4. The average Bonchev–Trinajstić information content (AvgIpc) is 2.87. The molecule has 5 nitrogen and oxygen atoms in total. The monoisotopic (exact) mass is 315 g/mol. The zero-order valence-corrected chi connectivity index (χ0v) is 14.4. The molecule has 2 rings (SSSR count). The molecule has 2 aromatic rings. The van der Waals surface area contributed by atoms with E-state index in [2.05, 4.69) is 10.4 Å². The Hall–Kier alpha value is -2.14. The van der Waals surface area contributed by atoms with Crippen molar-refractivity contribution in [1.82, 2.24) is 15.1 Å². The smallest absolute Gasteiger partial charge is 0.254 e. The summed E-state index contributed by atoms with van der Waals surface area (Å²) in [5.74, 6) is -0.214. The number of nitrogens with zero attached hydrogens (tertiary/aromatic N) is 2. The number of aromatic nitrogens is 2. The molecule has 0 aliphatic heterocycles. The maximum absolute atomic E-state index is 12.4. The van der Waals surface area contributed by atoms with Crippen LogP contribution in [0.3, 0.4) is 0 Å². The van der Waals surface area contributed by atoms with Gasteiger partial charge < -0.3 is 10.4 Å². The van der Waals surface area contributed by atoms with Gasteiger partial charge in [0.1, 0.15) is 0 Å². The van der Waals surface area contributed by atoms with Crippen molar-refractivity contribution in [2.24, 2.45) is 7.05 Å². The van der Waals surface area contributed by atoms with Crippen LogP contribution in [0.4, 0.5) is 0 Å². The van der Waals surface area contributed by atoms with Gasteiger partial charge >= 0.3 is 0 Å². The second kappa shape index (κ2) is 6.54. The van der Waals surface area contributed by atoms with Crippen LogP contribution in [0, 0.1) is 6.92 Å². The first-order valence-corrected chi connectivity index (χ1v) is 7.75. The van der Waals surface area contributed by atoms with Gasteiger partial charge in [0.25, 0.3) is 5.91 Å². The van der Waals surface area contributed by atoms with Crippen LogP contribution in [0.5, 0.6) is 0 Å². The Kier molecular flexibility index (Phi) is 4.90. The summed E-state index contributed by atoms with van der Waals surface area (Å²) in [6.45, 7) is 8.22. The van der Waals surface area contributed by atoms with Gasteiger partial charge in [0.2, 0.25) is 0 Å². The van der Waals surface area contributed by atoms with Crippen LogP contribution >= 0.6 is 0 Å². The van der Waals surface area contributed by atoms with Crippen LogP contribution in [-0.2, 0) is 12.5 Å². The zero-order valence-electron chi connectivity index (χ0n) is 14.4. The quantitative estimate of drug-likeness (QED) is 0.911. The van der Waals surface area contributed by atoms with E-state index in [1.165, 1.54) is 0 Å². The summed E-state index contributed by atoms with van der Waals surface area (Å²) in [7, 11) is 1.80. The Bertz CT molecular complexity index is 681. The molecular formula is C18H25N3O2. The fraction of sp³-hybridized carbons (Fsp3) is 0.444. The minimum absolute atomic E-state index is 0.167. The Morgan fingerprint density at radius 3 is 2.48 bits per heavy atom. The third-order valence-corrected chi connectivity index (χ3v) is 3.70. The van der Waals surface area contributed by atoms with Crippen LogP contribution in [0.25, 0.3) is 0 Å². The molecule has 0 aliphatic carbocycles. The summed E-state index contributed by atoms with van der Waals surface area (Å²) in [4.78, 5) is 12.4. The summed E-state index contributed by atoms with van der Waals surface area (Å²) in [5.41, 5.74) is 3.01. The molecule has 2 N–H and O–H groups in total. The minimum atomic E-state index is -0.727. The first kappa shape index (κ1) is 17.2. The molecule has 1 atom stereocenters. The number of aliphatic hydroxyl groups excluding tert-OH is 1. The lowest BCUT2D eigenvalue weighted by Crippen LogP contribution is -2.30. The Morgan fingerprint density at radius 1 is 1.30 bits per heavy atom. The molecule has 1 amide bonds. The highest BCUT2D eigenvalue weighted by atomic mass is 16.3. The van der Waals surface area contributed by atoms with Crippen molar-refractivity contribution in [3.8, 4) is 0 Å². The molecule has 1 aromatic carbocycles. The second-order valence-electron chi connectivity index (χ2n) is 6.95. The van der Waals surface area contributed by atoms with Gasteiger partial charge in [-0.2, -0.15) is 5.10 Å². The van der Waals surface area contributed by atoms with Gasteiger partial charge in [-0.25, -0.2) is 0 Å². The second-order valence-corrected chi connectivity index (χ2v) is 6.95. The zero-order chi connectivity index (χ0) is 17.2.